The Morgan fingerprint density at radius 1 is 1.32 bits per heavy atom. The highest BCUT2D eigenvalue weighted by molar-refractivity contribution is 6.31. The van der Waals surface area contributed by atoms with Crippen LogP contribution in [0.15, 0.2) is 42.5 Å². The third kappa shape index (κ3) is 3.58. The van der Waals surface area contributed by atoms with E-state index in [-0.39, 0.29) is 30.5 Å². The van der Waals surface area contributed by atoms with Crippen molar-refractivity contribution in [1.82, 2.24) is 0 Å². The molecule has 0 spiro atoms. The Morgan fingerprint density at radius 2 is 2.08 bits per heavy atom. The van der Waals surface area contributed by atoms with Crippen LogP contribution in [0.25, 0.3) is 0 Å². The fourth-order valence-corrected chi connectivity index (χ4v) is 2.97. The number of amides is 2. The first kappa shape index (κ1) is 17.2. The minimum Gasteiger partial charge on any atom is -0.495 e. The van der Waals surface area contributed by atoms with Crippen molar-refractivity contribution in [2.45, 2.75) is 6.42 Å². The summed E-state index contributed by atoms with van der Waals surface area (Å²) < 4.78 is 19.1. The van der Waals surface area contributed by atoms with E-state index in [2.05, 4.69) is 5.32 Å². The van der Waals surface area contributed by atoms with Gasteiger partial charge in [-0.3, -0.25) is 9.59 Å². The second kappa shape index (κ2) is 7.11. The molecule has 0 saturated carbocycles. The lowest BCUT2D eigenvalue weighted by Gasteiger charge is -2.17. The van der Waals surface area contributed by atoms with Crippen LogP contribution in [0.5, 0.6) is 5.75 Å². The maximum atomic E-state index is 13.9. The summed E-state index contributed by atoms with van der Waals surface area (Å²) in [4.78, 5) is 26.0. The van der Waals surface area contributed by atoms with E-state index in [4.69, 9.17) is 16.3 Å². The van der Waals surface area contributed by atoms with Gasteiger partial charge in [0.2, 0.25) is 11.8 Å². The summed E-state index contributed by atoms with van der Waals surface area (Å²) in [6, 6.07) is 10.9. The van der Waals surface area contributed by atoms with E-state index in [9.17, 15) is 14.0 Å². The molecule has 1 N–H and O–H groups in total. The average Bonchev–Trinajstić information content (AvgIpc) is 2.97. The number of rotatable bonds is 4. The van der Waals surface area contributed by atoms with Gasteiger partial charge in [0, 0.05) is 18.0 Å². The van der Waals surface area contributed by atoms with Crippen molar-refractivity contribution >= 4 is 34.8 Å². The molecule has 1 fully saturated rings. The van der Waals surface area contributed by atoms with Crippen molar-refractivity contribution < 1.29 is 18.7 Å². The fraction of sp³-hybridized carbons (Fsp3) is 0.222. The van der Waals surface area contributed by atoms with E-state index in [0.717, 1.165) is 0 Å². The van der Waals surface area contributed by atoms with E-state index >= 15 is 0 Å². The Hall–Kier alpha value is -2.60. The second-order valence-corrected chi connectivity index (χ2v) is 6.13. The summed E-state index contributed by atoms with van der Waals surface area (Å²) >= 11 is 5.95. The summed E-state index contributed by atoms with van der Waals surface area (Å²) in [7, 11) is 1.48. The van der Waals surface area contributed by atoms with Gasteiger partial charge in [0.1, 0.15) is 11.6 Å². The standard InChI is InChI=1S/C18H16ClFN2O3/c1-25-16-7-6-12(19)9-14(16)21-18(24)11-8-17(23)22(10-11)15-5-3-2-4-13(15)20/h2-7,9,11H,8,10H2,1H3,(H,21,24)/t11-/m0/s1. The molecule has 1 aliphatic heterocycles. The zero-order valence-electron chi connectivity index (χ0n) is 13.5. The van der Waals surface area contributed by atoms with Crippen LogP contribution in [0, 0.1) is 11.7 Å². The van der Waals surface area contributed by atoms with Crippen molar-refractivity contribution in [3.63, 3.8) is 0 Å². The van der Waals surface area contributed by atoms with Crippen LogP contribution in [-0.2, 0) is 9.59 Å². The number of nitrogens with zero attached hydrogens (tertiary/aromatic N) is 1. The Balaban J connectivity index is 1.75. The Bertz CT molecular complexity index is 828. The lowest BCUT2D eigenvalue weighted by molar-refractivity contribution is -0.122. The monoisotopic (exact) mass is 362 g/mol. The number of anilines is 2. The number of carbonyl (C=O) groups is 2. The number of para-hydroxylation sites is 1. The Morgan fingerprint density at radius 3 is 2.80 bits per heavy atom. The van der Waals surface area contributed by atoms with E-state index in [1.54, 1.807) is 30.3 Å². The van der Waals surface area contributed by atoms with Crippen LogP contribution in [0.3, 0.4) is 0 Å². The third-order valence-electron chi connectivity index (χ3n) is 4.06. The molecule has 1 saturated heterocycles. The Kier molecular flexibility index (Phi) is 4.90. The predicted octanol–water partition coefficient (Wildman–Crippen LogP) is 3.48. The number of benzene rings is 2. The highest BCUT2D eigenvalue weighted by Gasteiger charge is 2.36. The fourth-order valence-electron chi connectivity index (χ4n) is 2.80. The molecular formula is C18H16ClFN2O3. The normalized spacial score (nSPS) is 16.8. The van der Waals surface area contributed by atoms with E-state index < -0.39 is 11.7 Å². The van der Waals surface area contributed by atoms with Crippen LogP contribution in [-0.4, -0.2) is 25.5 Å². The van der Waals surface area contributed by atoms with Gasteiger partial charge in [-0.2, -0.15) is 0 Å². The summed E-state index contributed by atoms with van der Waals surface area (Å²) in [5.41, 5.74) is 0.611. The van der Waals surface area contributed by atoms with Gasteiger partial charge in [-0.15, -0.1) is 0 Å². The molecule has 0 aliphatic carbocycles. The summed E-state index contributed by atoms with van der Waals surface area (Å²) in [6.07, 6.45) is 0.0169. The quantitative estimate of drug-likeness (QED) is 0.905. The first-order valence-corrected chi connectivity index (χ1v) is 8.06. The molecule has 0 radical (unpaired) electrons. The van der Waals surface area contributed by atoms with Crippen LogP contribution >= 0.6 is 11.6 Å². The van der Waals surface area contributed by atoms with Gasteiger partial charge in [0.15, 0.2) is 0 Å². The molecule has 0 aromatic heterocycles. The largest absolute Gasteiger partial charge is 0.495 e. The molecule has 2 aromatic carbocycles. The van der Waals surface area contributed by atoms with Crippen LogP contribution in [0.4, 0.5) is 15.8 Å². The van der Waals surface area contributed by atoms with E-state index in [1.165, 1.54) is 24.1 Å². The number of hydrogen-bond acceptors (Lipinski definition) is 3. The number of ether oxygens (including phenoxy) is 1. The van der Waals surface area contributed by atoms with Crippen LogP contribution in [0.2, 0.25) is 5.02 Å². The summed E-state index contributed by atoms with van der Waals surface area (Å²) in [6.45, 7) is 0.120. The van der Waals surface area contributed by atoms with Gasteiger partial charge in [-0.25, -0.2) is 4.39 Å². The van der Waals surface area contributed by atoms with Gasteiger partial charge in [0.25, 0.3) is 0 Å². The maximum Gasteiger partial charge on any atom is 0.229 e. The highest BCUT2D eigenvalue weighted by Crippen LogP contribution is 2.31. The highest BCUT2D eigenvalue weighted by atomic mass is 35.5. The topological polar surface area (TPSA) is 58.6 Å². The SMILES string of the molecule is COc1ccc(Cl)cc1NC(=O)[C@H]1CC(=O)N(c2ccccc2F)C1. The van der Waals surface area contributed by atoms with Crippen LogP contribution < -0.4 is 15.0 Å². The molecular weight excluding hydrogens is 347 g/mol. The smallest absolute Gasteiger partial charge is 0.229 e. The number of halogens is 2. The number of hydrogen-bond donors (Lipinski definition) is 1. The average molecular weight is 363 g/mol. The number of carbonyl (C=O) groups excluding carboxylic acids is 2. The zero-order valence-corrected chi connectivity index (χ0v) is 14.2. The molecule has 2 amide bonds. The second-order valence-electron chi connectivity index (χ2n) is 5.69. The molecule has 25 heavy (non-hydrogen) atoms. The van der Waals surface area contributed by atoms with Crippen molar-refractivity contribution in [3.8, 4) is 5.75 Å². The first-order chi connectivity index (χ1) is 12.0. The third-order valence-corrected chi connectivity index (χ3v) is 4.29. The van der Waals surface area contributed by atoms with Gasteiger partial charge in [0.05, 0.1) is 24.4 Å². The molecule has 5 nitrogen and oxygen atoms in total. The molecule has 130 valence electrons. The predicted molar refractivity (Wildman–Crippen MR) is 93.5 cm³/mol. The molecule has 1 aliphatic rings. The van der Waals surface area contributed by atoms with Crippen molar-refractivity contribution in [2.24, 2.45) is 5.92 Å². The van der Waals surface area contributed by atoms with Crippen molar-refractivity contribution in [1.29, 1.82) is 0 Å². The van der Waals surface area contributed by atoms with Crippen LogP contribution in [0.1, 0.15) is 6.42 Å². The molecule has 1 heterocycles. The van der Waals surface area contributed by atoms with Gasteiger partial charge < -0.3 is 15.0 Å². The summed E-state index contributed by atoms with van der Waals surface area (Å²) in [5, 5.41) is 3.18. The van der Waals surface area contributed by atoms with Gasteiger partial charge >= 0.3 is 0 Å². The molecule has 1 atom stereocenters. The van der Waals surface area contributed by atoms with Crippen molar-refractivity contribution in [2.75, 3.05) is 23.9 Å². The molecule has 7 heteroatoms. The summed E-state index contributed by atoms with van der Waals surface area (Å²) in [5.74, 6) is -1.24. The number of methoxy groups -OCH3 is 1. The lowest BCUT2D eigenvalue weighted by atomic mass is 10.1. The molecule has 3 rings (SSSR count). The van der Waals surface area contributed by atoms with Crippen molar-refractivity contribution in [3.05, 3.63) is 53.3 Å². The minimum atomic E-state index is -0.587. The van der Waals surface area contributed by atoms with E-state index in [0.29, 0.717) is 16.5 Å². The molecule has 2 aromatic rings. The lowest BCUT2D eigenvalue weighted by Crippen LogP contribution is -2.28. The molecule has 0 unspecified atom stereocenters. The minimum absolute atomic E-state index is 0.0169. The zero-order chi connectivity index (χ0) is 18.0. The van der Waals surface area contributed by atoms with E-state index in [1.807, 2.05) is 0 Å². The molecule has 0 bridgehead atoms. The maximum absolute atomic E-state index is 13.9. The first-order valence-electron chi connectivity index (χ1n) is 7.69. The number of nitrogens with one attached hydrogen (secondary N) is 1. The Labute approximate surface area is 149 Å². The van der Waals surface area contributed by atoms with Gasteiger partial charge in [-0.05, 0) is 30.3 Å². The van der Waals surface area contributed by atoms with Gasteiger partial charge in [-0.1, -0.05) is 23.7 Å².